The van der Waals surface area contributed by atoms with Gasteiger partial charge in [-0.05, 0) is 31.5 Å². The van der Waals surface area contributed by atoms with Crippen LogP contribution in [-0.2, 0) is 6.54 Å². The summed E-state index contributed by atoms with van der Waals surface area (Å²) in [5.41, 5.74) is 2.45. The summed E-state index contributed by atoms with van der Waals surface area (Å²) >= 11 is 1.49. The fraction of sp³-hybridized carbons (Fsp3) is 0.211. The molecule has 1 atom stereocenters. The minimum Gasteiger partial charge on any atom is -0.325 e. The third kappa shape index (κ3) is 3.68. The molecule has 0 aliphatic rings. The highest BCUT2D eigenvalue weighted by Gasteiger charge is 2.25. The Bertz CT molecular complexity index is 802. The molecule has 0 bridgehead atoms. The van der Waals surface area contributed by atoms with Gasteiger partial charge >= 0.3 is 0 Å². The van der Waals surface area contributed by atoms with Crippen LogP contribution < -0.4 is 0 Å². The van der Waals surface area contributed by atoms with Gasteiger partial charge in [0.15, 0.2) is 0 Å². The van der Waals surface area contributed by atoms with Gasteiger partial charge in [-0.15, -0.1) is 11.3 Å². The van der Waals surface area contributed by atoms with E-state index in [1.54, 1.807) is 6.20 Å². The molecule has 122 valence electrons. The fourth-order valence-corrected chi connectivity index (χ4v) is 3.14. The first-order valence-corrected chi connectivity index (χ1v) is 8.71. The van der Waals surface area contributed by atoms with E-state index >= 15 is 0 Å². The van der Waals surface area contributed by atoms with Crippen molar-refractivity contribution in [2.75, 3.05) is 0 Å². The third-order valence-corrected chi connectivity index (χ3v) is 4.65. The monoisotopic (exact) mass is 337 g/mol. The predicted octanol–water partition coefficient (Wildman–Crippen LogP) is 4.25. The van der Waals surface area contributed by atoms with Gasteiger partial charge < -0.3 is 4.90 Å². The van der Waals surface area contributed by atoms with Crippen molar-refractivity contribution in [1.82, 2.24) is 14.9 Å². The number of hydrogen-bond donors (Lipinski definition) is 0. The van der Waals surface area contributed by atoms with E-state index in [2.05, 4.69) is 9.97 Å². The van der Waals surface area contributed by atoms with E-state index in [-0.39, 0.29) is 11.9 Å². The number of nitrogens with zero attached hydrogens (tertiary/aromatic N) is 3. The number of pyridine rings is 1. The van der Waals surface area contributed by atoms with Crippen LogP contribution in [0.4, 0.5) is 0 Å². The predicted molar refractivity (Wildman–Crippen MR) is 95.8 cm³/mol. The largest absolute Gasteiger partial charge is 0.325 e. The van der Waals surface area contributed by atoms with Gasteiger partial charge in [-0.25, -0.2) is 4.98 Å². The van der Waals surface area contributed by atoms with Crippen LogP contribution in [-0.4, -0.2) is 20.8 Å². The van der Waals surface area contributed by atoms with Gasteiger partial charge in [0.2, 0.25) is 0 Å². The first-order valence-electron chi connectivity index (χ1n) is 7.83. The van der Waals surface area contributed by atoms with Crippen LogP contribution in [0, 0.1) is 6.92 Å². The molecule has 1 aromatic carbocycles. The van der Waals surface area contributed by atoms with Gasteiger partial charge in [-0.1, -0.05) is 36.4 Å². The van der Waals surface area contributed by atoms with Crippen LogP contribution in [0.2, 0.25) is 0 Å². The molecule has 5 heteroatoms. The maximum atomic E-state index is 13.0. The lowest BCUT2D eigenvalue weighted by molar-refractivity contribution is 0.0665. The van der Waals surface area contributed by atoms with E-state index in [1.165, 1.54) is 11.3 Å². The molecule has 0 N–H and O–H groups in total. The van der Waals surface area contributed by atoms with Gasteiger partial charge in [0, 0.05) is 18.1 Å². The molecule has 0 aliphatic heterocycles. The van der Waals surface area contributed by atoms with Gasteiger partial charge in [-0.2, -0.15) is 0 Å². The molecule has 1 amide bonds. The number of hydrogen-bond acceptors (Lipinski definition) is 4. The zero-order chi connectivity index (χ0) is 16.9. The van der Waals surface area contributed by atoms with Crippen molar-refractivity contribution in [3.05, 3.63) is 82.1 Å². The smallest absolute Gasteiger partial charge is 0.274 e. The Labute approximate surface area is 145 Å². The average Bonchev–Trinajstić information content (AvgIpc) is 3.06. The second kappa shape index (κ2) is 7.36. The number of aryl methyl sites for hydroxylation is 1. The molecule has 2 aromatic heterocycles. The fourth-order valence-electron chi connectivity index (χ4n) is 2.56. The Balaban J connectivity index is 1.92. The van der Waals surface area contributed by atoms with Gasteiger partial charge in [0.05, 0.1) is 16.7 Å². The zero-order valence-corrected chi connectivity index (χ0v) is 14.5. The molecule has 3 aromatic rings. The second-order valence-corrected chi connectivity index (χ2v) is 6.66. The standard InChI is InChI=1S/C19H19N3OS/c1-14(17-10-6-7-11-20-17)22(12-16-8-4-3-5-9-16)19(23)18-13-24-15(2)21-18/h3-11,13-14H,12H2,1-2H3. The quantitative estimate of drug-likeness (QED) is 0.699. The summed E-state index contributed by atoms with van der Waals surface area (Å²) in [6.45, 7) is 4.43. The van der Waals surface area contributed by atoms with Crippen LogP contribution >= 0.6 is 11.3 Å². The summed E-state index contributed by atoms with van der Waals surface area (Å²) < 4.78 is 0. The summed E-state index contributed by atoms with van der Waals surface area (Å²) in [5.74, 6) is -0.0682. The van der Waals surface area contributed by atoms with Crippen molar-refractivity contribution in [3.8, 4) is 0 Å². The van der Waals surface area contributed by atoms with E-state index in [0.29, 0.717) is 12.2 Å². The SMILES string of the molecule is Cc1nc(C(=O)N(Cc2ccccc2)C(C)c2ccccn2)cs1. The van der Waals surface area contributed by atoms with Crippen LogP contribution in [0.5, 0.6) is 0 Å². The van der Waals surface area contributed by atoms with Gasteiger partial charge in [-0.3, -0.25) is 9.78 Å². The molecule has 4 nitrogen and oxygen atoms in total. The molecular formula is C19H19N3OS. The van der Waals surface area contributed by atoms with E-state index in [0.717, 1.165) is 16.3 Å². The van der Waals surface area contributed by atoms with Crippen LogP contribution in [0.15, 0.2) is 60.1 Å². The summed E-state index contributed by atoms with van der Waals surface area (Å²) in [4.78, 5) is 23.6. The molecule has 0 saturated carbocycles. The normalized spacial score (nSPS) is 11.9. The minimum atomic E-state index is -0.138. The zero-order valence-electron chi connectivity index (χ0n) is 13.7. The van der Waals surface area contributed by atoms with Crippen molar-refractivity contribution in [1.29, 1.82) is 0 Å². The lowest BCUT2D eigenvalue weighted by Gasteiger charge is -2.28. The van der Waals surface area contributed by atoms with E-state index in [9.17, 15) is 4.79 Å². The van der Waals surface area contributed by atoms with Crippen LogP contribution in [0.1, 0.15) is 39.7 Å². The molecular weight excluding hydrogens is 318 g/mol. The lowest BCUT2D eigenvalue weighted by Crippen LogP contribution is -2.33. The minimum absolute atomic E-state index is 0.0682. The molecule has 3 rings (SSSR count). The van der Waals surface area contributed by atoms with Crippen molar-refractivity contribution in [3.63, 3.8) is 0 Å². The number of rotatable bonds is 5. The average molecular weight is 337 g/mol. The summed E-state index contributed by atoms with van der Waals surface area (Å²) in [7, 11) is 0. The number of carbonyl (C=O) groups is 1. The summed E-state index contributed by atoms with van der Waals surface area (Å²) in [6, 6.07) is 15.6. The Hall–Kier alpha value is -2.53. The highest BCUT2D eigenvalue weighted by atomic mass is 32.1. The van der Waals surface area contributed by atoms with E-state index in [1.807, 2.05) is 72.7 Å². The molecule has 0 spiro atoms. The number of benzene rings is 1. The number of aromatic nitrogens is 2. The Kier molecular flexibility index (Phi) is 5.01. The van der Waals surface area contributed by atoms with Crippen molar-refractivity contribution in [2.45, 2.75) is 26.4 Å². The Morgan fingerprint density at radius 3 is 2.54 bits per heavy atom. The molecule has 1 unspecified atom stereocenters. The summed E-state index contributed by atoms with van der Waals surface area (Å²) in [5, 5.41) is 2.71. The Morgan fingerprint density at radius 2 is 1.92 bits per heavy atom. The molecule has 0 fully saturated rings. The molecule has 0 aliphatic carbocycles. The number of carbonyl (C=O) groups excluding carboxylic acids is 1. The lowest BCUT2D eigenvalue weighted by atomic mass is 10.1. The van der Waals surface area contributed by atoms with E-state index in [4.69, 9.17) is 0 Å². The number of thiazole rings is 1. The molecule has 2 heterocycles. The van der Waals surface area contributed by atoms with Crippen molar-refractivity contribution in [2.24, 2.45) is 0 Å². The molecule has 0 radical (unpaired) electrons. The molecule has 24 heavy (non-hydrogen) atoms. The maximum Gasteiger partial charge on any atom is 0.274 e. The van der Waals surface area contributed by atoms with Gasteiger partial charge in [0.25, 0.3) is 5.91 Å². The second-order valence-electron chi connectivity index (χ2n) is 5.60. The van der Waals surface area contributed by atoms with Crippen molar-refractivity contribution >= 4 is 17.2 Å². The third-order valence-electron chi connectivity index (χ3n) is 3.88. The molecule has 0 saturated heterocycles. The van der Waals surface area contributed by atoms with Gasteiger partial charge in [0.1, 0.15) is 5.69 Å². The highest BCUT2D eigenvalue weighted by molar-refractivity contribution is 7.09. The van der Waals surface area contributed by atoms with Crippen molar-refractivity contribution < 1.29 is 4.79 Å². The van der Waals surface area contributed by atoms with Crippen LogP contribution in [0.25, 0.3) is 0 Å². The summed E-state index contributed by atoms with van der Waals surface area (Å²) in [6.07, 6.45) is 1.75. The van der Waals surface area contributed by atoms with Crippen LogP contribution in [0.3, 0.4) is 0 Å². The first-order chi connectivity index (χ1) is 11.6. The highest BCUT2D eigenvalue weighted by Crippen LogP contribution is 2.23. The number of amides is 1. The topological polar surface area (TPSA) is 46.1 Å². The first kappa shape index (κ1) is 16.3. The Morgan fingerprint density at radius 1 is 1.17 bits per heavy atom. The van der Waals surface area contributed by atoms with E-state index < -0.39 is 0 Å². The maximum absolute atomic E-state index is 13.0.